The third kappa shape index (κ3) is 3.91. The predicted molar refractivity (Wildman–Crippen MR) is 127 cm³/mol. The number of fused-ring (bicyclic) bond motifs is 3. The summed E-state index contributed by atoms with van der Waals surface area (Å²) in [6.07, 6.45) is 3.60. The number of carbonyl (C=O) groups is 2. The van der Waals surface area contributed by atoms with Gasteiger partial charge in [-0.3, -0.25) is 19.1 Å². The van der Waals surface area contributed by atoms with Crippen molar-refractivity contribution in [2.24, 2.45) is 5.73 Å². The first-order valence-corrected chi connectivity index (χ1v) is 11.3. The molecular formula is C26H24N4O4. The van der Waals surface area contributed by atoms with E-state index in [1.54, 1.807) is 24.3 Å². The quantitative estimate of drug-likeness (QED) is 0.462. The van der Waals surface area contributed by atoms with Gasteiger partial charge in [0.15, 0.2) is 5.82 Å². The van der Waals surface area contributed by atoms with Crippen molar-refractivity contribution in [1.82, 2.24) is 14.5 Å². The van der Waals surface area contributed by atoms with Crippen molar-refractivity contribution in [3.63, 3.8) is 0 Å². The first-order valence-electron chi connectivity index (χ1n) is 11.3. The number of pyridine rings is 1. The van der Waals surface area contributed by atoms with E-state index in [2.05, 4.69) is 4.98 Å². The molecule has 2 aromatic carbocycles. The normalized spacial score (nSPS) is 13.1. The molecule has 1 aliphatic rings. The van der Waals surface area contributed by atoms with Crippen LogP contribution in [0.4, 0.5) is 0 Å². The minimum Gasteiger partial charge on any atom is -0.454 e. The summed E-state index contributed by atoms with van der Waals surface area (Å²) in [7, 11) is 0. The number of hydrogen-bond donors (Lipinski definition) is 1. The molecule has 5 rings (SSSR count). The Bertz CT molecular complexity index is 1520. The van der Waals surface area contributed by atoms with Crippen LogP contribution in [-0.4, -0.2) is 26.4 Å². The number of rotatable bonds is 5. The molecule has 34 heavy (non-hydrogen) atoms. The average molecular weight is 457 g/mol. The number of aryl methyl sites for hydroxylation is 2. The van der Waals surface area contributed by atoms with E-state index in [9.17, 15) is 14.4 Å². The highest BCUT2D eigenvalue weighted by Gasteiger charge is 2.24. The predicted octanol–water partition coefficient (Wildman–Crippen LogP) is 2.97. The minimum absolute atomic E-state index is 0.166. The van der Waals surface area contributed by atoms with Gasteiger partial charge in [-0.05, 0) is 62.4 Å². The Balaban J connectivity index is 1.56. The summed E-state index contributed by atoms with van der Waals surface area (Å²) in [6.45, 7) is 1.35. The smallest absolute Gasteiger partial charge is 0.339 e. The number of amides is 1. The van der Waals surface area contributed by atoms with Gasteiger partial charge in [0.1, 0.15) is 13.2 Å². The molecule has 2 aromatic heterocycles. The first-order chi connectivity index (χ1) is 16.4. The lowest BCUT2D eigenvalue weighted by molar-refractivity contribution is -0.118. The lowest BCUT2D eigenvalue weighted by Gasteiger charge is -2.20. The van der Waals surface area contributed by atoms with Crippen LogP contribution in [0, 0.1) is 6.92 Å². The number of para-hydroxylation sites is 1. The molecule has 0 aliphatic heterocycles. The number of nitrogens with zero attached hydrogens (tertiary/aromatic N) is 3. The van der Waals surface area contributed by atoms with Crippen molar-refractivity contribution in [1.29, 1.82) is 0 Å². The van der Waals surface area contributed by atoms with Crippen LogP contribution in [0.2, 0.25) is 0 Å². The van der Waals surface area contributed by atoms with Crippen LogP contribution in [0.15, 0.2) is 47.3 Å². The van der Waals surface area contributed by atoms with E-state index in [1.807, 2.05) is 25.1 Å². The summed E-state index contributed by atoms with van der Waals surface area (Å²) >= 11 is 0. The summed E-state index contributed by atoms with van der Waals surface area (Å²) in [5.41, 5.74) is 9.58. The zero-order chi connectivity index (χ0) is 23.8. The van der Waals surface area contributed by atoms with E-state index in [4.69, 9.17) is 15.5 Å². The number of esters is 1. The van der Waals surface area contributed by atoms with Crippen LogP contribution >= 0.6 is 0 Å². The van der Waals surface area contributed by atoms with Gasteiger partial charge in [-0.2, -0.15) is 0 Å². The molecular weight excluding hydrogens is 432 g/mol. The Morgan fingerprint density at radius 3 is 2.62 bits per heavy atom. The summed E-state index contributed by atoms with van der Waals surface area (Å²) < 4.78 is 6.88. The lowest BCUT2D eigenvalue weighted by atomic mass is 9.89. The Morgan fingerprint density at radius 2 is 1.79 bits per heavy atom. The van der Waals surface area contributed by atoms with Gasteiger partial charge in [0.25, 0.3) is 5.56 Å². The summed E-state index contributed by atoms with van der Waals surface area (Å²) in [6, 6.07) is 12.7. The van der Waals surface area contributed by atoms with Crippen LogP contribution in [0.25, 0.3) is 21.8 Å². The number of benzene rings is 2. The lowest BCUT2D eigenvalue weighted by Crippen LogP contribution is -2.32. The highest BCUT2D eigenvalue weighted by Crippen LogP contribution is 2.30. The fraction of sp³-hybridized carbons (Fsp3) is 0.269. The summed E-state index contributed by atoms with van der Waals surface area (Å²) in [5, 5.41) is 1.12. The second-order valence-electron chi connectivity index (χ2n) is 8.62. The maximum Gasteiger partial charge on any atom is 0.339 e. The number of primary amides is 1. The van der Waals surface area contributed by atoms with Gasteiger partial charge in [-0.25, -0.2) is 9.78 Å². The number of hydrogen-bond acceptors (Lipinski definition) is 6. The van der Waals surface area contributed by atoms with Gasteiger partial charge >= 0.3 is 5.97 Å². The second kappa shape index (κ2) is 8.70. The standard InChI is InChI=1S/C26H24N4O4/c1-15-10-11-21-18(12-15)24(16-6-2-4-8-19(16)28-21)26(33)34-14-23-29-20-9-5-3-7-17(20)25(32)30(23)13-22(27)31/h3,5,7,9-12H,2,4,6,8,13-14H2,1H3,(H2,27,31). The molecule has 1 aliphatic carbocycles. The highest BCUT2D eigenvalue weighted by molar-refractivity contribution is 6.05. The maximum atomic E-state index is 13.4. The van der Waals surface area contributed by atoms with E-state index in [1.165, 1.54) is 4.57 Å². The highest BCUT2D eigenvalue weighted by atomic mass is 16.5. The van der Waals surface area contributed by atoms with Crippen molar-refractivity contribution >= 4 is 33.7 Å². The number of nitrogens with two attached hydrogens (primary N) is 1. The average Bonchev–Trinajstić information content (AvgIpc) is 2.83. The van der Waals surface area contributed by atoms with Crippen LogP contribution in [0.3, 0.4) is 0 Å². The number of ether oxygens (including phenoxy) is 1. The summed E-state index contributed by atoms with van der Waals surface area (Å²) in [5.74, 6) is -1.01. The molecule has 2 N–H and O–H groups in total. The molecule has 0 unspecified atom stereocenters. The zero-order valence-electron chi connectivity index (χ0n) is 18.8. The van der Waals surface area contributed by atoms with Gasteiger partial charge < -0.3 is 10.5 Å². The van der Waals surface area contributed by atoms with Crippen LogP contribution in [0.1, 0.15) is 45.8 Å². The summed E-state index contributed by atoms with van der Waals surface area (Å²) in [4.78, 5) is 47.3. The first kappa shape index (κ1) is 21.8. The zero-order valence-corrected chi connectivity index (χ0v) is 18.8. The van der Waals surface area contributed by atoms with Crippen molar-refractivity contribution in [3.05, 3.63) is 81.0 Å². The molecule has 2 heterocycles. The Hall–Kier alpha value is -4.07. The van der Waals surface area contributed by atoms with Crippen LogP contribution in [-0.2, 0) is 35.5 Å². The fourth-order valence-electron chi connectivity index (χ4n) is 4.62. The van der Waals surface area contributed by atoms with E-state index < -0.39 is 17.4 Å². The fourth-order valence-corrected chi connectivity index (χ4v) is 4.62. The van der Waals surface area contributed by atoms with E-state index in [0.717, 1.165) is 53.4 Å². The molecule has 0 saturated carbocycles. The van der Waals surface area contributed by atoms with E-state index in [0.29, 0.717) is 16.5 Å². The van der Waals surface area contributed by atoms with Crippen molar-refractivity contribution in [2.75, 3.05) is 0 Å². The number of carbonyl (C=O) groups excluding carboxylic acids is 2. The van der Waals surface area contributed by atoms with Gasteiger partial charge in [0.2, 0.25) is 5.91 Å². The largest absolute Gasteiger partial charge is 0.454 e. The number of aromatic nitrogens is 3. The van der Waals surface area contributed by atoms with Gasteiger partial charge in [0.05, 0.1) is 22.0 Å². The Morgan fingerprint density at radius 1 is 1.03 bits per heavy atom. The van der Waals surface area contributed by atoms with Crippen LogP contribution in [0.5, 0.6) is 0 Å². The Labute approximate surface area is 195 Å². The molecule has 0 radical (unpaired) electrons. The van der Waals surface area contributed by atoms with Gasteiger partial charge in [0, 0.05) is 11.1 Å². The van der Waals surface area contributed by atoms with Gasteiger partial charge in [-0.1, -0.05) is 23.8 Å². The third-order valence-electron chi connectivity index (χ3n) is 6.21. The van der Waals surface area contributed by atoms with Gasteiger partial charge in [-0.15, -0.1) is 0 Å². The molecule has 8 heteroatoms. The molecule has 0 saturated heterocycles. The molecule has 0 spiro atoms. The molecule has 172 valence electrons. The second-order valence-corrected chi connectivity index (χ2v) is 8.62. The monoisotopic (exact) mass is 456 g/mol. The van der Waals surface area contributed by atoms with Crippen molar-refractivity contribution in [2.45, 2.75) is 45.8 Å². The van der Waals surface area contributed by atoms with E-state index in [-0.39, 0.29) is 19.0 Å². The Kier molecular flexibility index (Phi) is 5.57. The minimum atomic E-state index is -0.684. The van der Waals surface area contributed by atoms with Crippen LogP contribution < -0.4 is 11.3 Å². The van der Waals surface area contributed by atoms with Crippen molar-refractivity contribution < 1.29 is 14.3 Å². The SMILES string of the molecule is Cc1ccc2nc3c(c(C(=O)OCc4nc5ccccc5c(=O)n4CC(N)=O)c2c1)CCCC3. The maximum absolute atomic E-state index is 13.4. The molecule has 0 fully saturated rings. The molecule has 8 nitrogen and oxygen atoms in total. The van der Waals surface area contributed by atoms with Crippen molar-refractivity contribution in [3.8, 4) is 0 Å². The van der Waals surface area contributed by atoms with E-state index >= 15 is 0 Å². The molecule has 0 atom stereocenters. The third-order valence-corrected chi connectivity index (χ3v) is 6.21. The molecule has 0 bridgehead atoms. The molecule has 4 aromatic rings. The topological polar surface area (TPSA) is 117 Å². The molecule has 1 amide bonds.